The Bertz CT molecular complexity index is 1100. The number of hydrogen-bond donors (Lipinski definition) is 1. The molecule has 7 nitrogen and oxygen atoms in total. The minimum absolute atomic E-state index is 0.147. The molecule has 0 saturated carbocycles. The number of aromatic nitrogens is 3. The molecule has 2 aromatic heterocycles. The van der Waals surface area contributed by atoms with Gasteiger partial charge in [0.1, 0.15) is 5.65 Å². The maximum Gasteiger partial charge on any atom is 0.332 e. The molecule has 1 N–H and O–H groups in total. The van der Waals surface area contributed by atoms with Crippen molar-refractivity contribution < 1.29 is 4.79 Å². The number of nitrogens with one attached hydrogen (secondary N) is 1. The largest absolute Gasteiger partial charge is 0.332 e. The molecule has 7 heteroatoms. The third-order valence-corrected chi connectivity index (χ3v) is 4.66. The van der Waals surface area contributed by atoms with Gasteiger partial charge in [-0.15, -0.1) is 0 Å². The molecule has 0 bridgehead atoms. The van der Waals surface area contributed by atoms with Gasteiger partial charge in [0.2, 0.25) is 5.91 Å². The topological polar surface area (TPSA) is 86.0 Å². The lowest BCUT2D eigenvalue weighted by Gasteiger charge is -2.17. The molecule has 0 aliphatic rings. The van der Waals surface area contributed by atoms with E-state index < -0.39 is 11.2 Å². The molecule has 0 aliphatic heterocycles. The number of rotatable bonds is 5. The monoisotopic (exact) mass is 366 g/mol. The summed E-state index contributed by atoms with van der Waals surface area (Å²) in [5.74, 6) is -0.430. The first kappa shape index (κ1) is 18.6. The molecule has 0 radical (unpaired) electrons. The van der Waals surface area contributed by atoms with Gasteiger partial charge in [0.15, 0.2) is 0 Å². The molecule has 0 aliphatic carbocycles. The summed E-state index contributed by atoms with van der Waals surface area (Å²) in [6.07, 6.45) is 3.05. The summed E-state index contributed by atoms with van der Waals surface area (Å²) in [6, 6.07) is 11.2. The van der Waals surface area contributed by atoms with Gasteiger partial charge in [-0.1, -0.05) is 43.7 Å². The van der Waals surface area contributed by atoms with Crippen molar-refractivity contribution in [3.63, 3.8) is 0 Å². The van der Waals surface area contributed by atoms with E-state index in [9.17, 15) is 14.4 Å². The second-order valence-electron chi connectivity index (χ2n) is 6.54. The number of benzene rings is 1. The Balaban J connectivity index is 1.97. The summed E-state index contributed by atoms with van der Waals surface area (Å²) in [7, 11) is 2.98. The maximum atomic E-state index is 12.8. The SMILES string of the molecule is CCC[C@H](C(=O)Nc1cnc2c(c1)c(=O)n(C)c(=O)n2C)c1ccccc1. The number of hydrogen-bond acceptors (Lipinski definition) is 4. The van der Waals surface area contributed by atoms with E-state index >= 15 is 0 Å². The summed E-state index contributed by atoms with van der Waals surface area (Å²) in [4.78, 5) is 41.4. The van der Waals surface area contributed by atoms with Gasteiger partial charge < -0.3 is 5.32 Å². The van der Waals surface area contributed by atoms with Gasteiger partial charge in [-0.2, -0.15) is 0 Å². The molecule has 140 valence electrons. The van der Waals surface area contributed by atoms with Gasteiger partial charge >= 0.3 is 5.69 Å². The molecule has 3 aromatic rings. The first-order valence-corrected chi connectivity index (χ1v) is 8.85. The summed E-state index contributed by atoms with van der Waals surface area (Å²) in [5, 5.41) is 3.14. The molecular formula is C20H22N4O3. The van der Waals surface area contributed by atoms with Crippen LogP contribution in [0.5, 0.6) is 0 Å². The number of carbonyl (C=O) groups excluding carboxylic acids is 1. The summed E-state index contributed by atoms with van der Waals surface area (Å²) in [5.41, 5.74) is 0.784. The Morgan fingerprint density at radius 3 is 2.52 bits per heavy atom. The zero-order chi connectivity index (χ0) is 19.6. The van der Waals surface area contributed by atoms with Crippen molar-refractivity contribution in [3.8, 4) is 0 Å². The van der Waals surface area contributed by atoms with Crippen molar-refractivity contribution in [3.05, 3.63) is 69.0 Å². The molecule has 1 aromatic carbocycles. The van der Waals surface area contributed by atoms with E-state index in [2.05, 4.69) is 10.3 Å². The molecule has 27 heavy (non-hydrogen) atoms. The molecule has 0 saturated heterocycles. The molecular weight excluding hydrogens is 344 g/mol. The lowest BCUT2D eigenvalue weighted by molar-refractivity contribution is -0.117. The molecule has 0 spiro atoms. The molecule has 0 fully saturated rings. The van der Waals surface area contributed by atoms with Crippen LogP contribution in [0.3, 0.4) is 0 Å². The fourth-order valence-electron chi connectivity index (χ4n) is 3.19. The zero-order valence-corrected chi connectivity index (χ0v) is 15.6. The number of fused-ring (bicyclic) bond motifs is 1. The third kappa shape index (κ3) is 3.53. The van der Waals surface area contributed by atoms with Crippen LogP contribution in [0.1, 0.15) is 31.2 Å². The van der Waals surface area contributed by atoms with Gasteiger partial charge in [0, 0.05) is 14.1 Å². The van der Waals surface area contributed by atoms with Crippen molar-refractivity contribution in [2.45, 2.75) is 25.7 Å². The number of anilines is 1. The van der Waals surface area contributed by atoms with Crippen LogP contribution in [0.25, 0.3) is 11.0 Å². The molecule has 2 heterocycles. The maximum absolute atomic E-state index is 12.8. The fraction of sp³-hybridized carbons (Fsp3) is 0.300. The van der Waals surface area contributed by atoms with E-state index in [0.717, 1.165) is 16.6 Å². The third-order valence-electron chi connectivity index (χ3n) is 4.66. The van der Waals surface area contributed by atoms with E-state index in [-0.39, 0.29) is 22.9 Å². The number of pyridine rings is 1. The zero-order valence-electron chi connectivity index (χ0n) is 15.6. The standard InChI is InChI=1S/C20H22N4O3/c1-4-8-15(13-9-6-5-7-10-13)18(25)22-14-11-16-17(21-12-14)23(2)20(27)24(3)19(16)26/h5-7,9-12,15H,4,8H2,1-3H3,(H,22,25)/t15-/m0/s1. The molecule has 1 amide bonds. The predicted octanol–water partition coefficient (Wildman–Crippen LogP) is 2.15. The average Bonchev–Trinajstić information content (AvgIpc) is 2.69. The van der Waals surface area contributed by atoms with E-state index in [0.29, 0.717) is 12.1 Å². The highest BCUT2D eigenvalue weighted by Crippen LogP contribution is 2.23. The highest BCUT2D eigenvalue weighted by Gasteiger charge is 2.20. The quantitative estimate of drug-likeness (QED) is 0.750. The van der Waals surface area contributed by atoms with Crippen LogP contribution in [0, 0.1) is 0 Å². The summed E-state index contributed by atoms with van der Waals surface area (Å²) in [6.45, 7) is 2.03. The molecule has 1 atom stereocenters. The van der Waals surface area contributed by atoms with Gasteiger partial charge in [-0.25, -0.2) is 9.78 Å². The minimum Gasteiger partial charge on any atom is -0.324 e. The fourth-order valence-corrected chi connectivity index (χ4v) is 3.19. The lowest BCUT2D eigenvalue weighted by atomic mass is 9.93. The van der Waals surface area contributed by atoms with Gasteiger partial charge in [-0.05, 0) is 18.1 Å². The normalized spacial score (nSPS) is 12.1. The lowest BCUT2D eigenvalue weighted by Crippen LogP contribution is -2.37. The van der Waals surface area contributed by atoms with Crippen LogP contribution in [-0.4, -0.2) is 20.0 Å². The van der Waals surface area contributed by atoms with E-state index in [1.165, 1.54) is 17.8 Å². The van der Waals surface area contributed by atoms with Crippen LogP contribution in [-0.2, 0) is 18.9 Å². The minimum atomic E-state index is -0.441. The Hall–Kier alpha value is -3.22. The summed E-state index contributed by atoms with van der Waals surface area (Å²) >= 11 is 0. The number of amides is 1. The predicted molar refractivity (Wildman–Crippen MR) is 105 cm³/mol. The average molecular weight is 366 g/mol. The van der Waals surface area contributed by atoms with E-state index in [4.69, 9.17) is 0 Å². The van der Waals surface area contributed by atoms with Crippen molar-refractivity contribution in [1.82, 2.24) is 14.1 Å². The molecule has 3 rings (SSSR count). The van der Waals surface area contributed by atoms with Gasteiger partial charge in [-0.3, -0.25) is 18.7 Å². The number of nitrogens with zero attached hydrogens (tertiary/aromatic N) is 3. The summed E-state index contributed by atoms with van der Waals surface area (Å²) < 4.78 is 2.34. The van der Waals surface area contributed by atoms with Crippen LogP contribution < -0.4 is 16.6 Å². The highest BCUT2D eigenvalue weighted by atomic mass is 16.2. The highest BCUT2D eigenvalue weighted by molar-refractivity contribution is 5.97. The number of aryl methyl sites for hydroxylation is 1. The van der Waals surface area contributed by atoms with Crippen LogP contribution in [0.2, 0.25) is 0 Å². The Kier molecular flexibility index (Phi) is 5.21. The van der Waals surface area contributed by atoms with Crippen LogP contribution in [0.15, 0.2) is 52.2 Å². The first-order valence-electron chi connectivity index (χ1n) is 8.85. The second kappa shape index (κ2) is 7.57. The van der Waals surface area contributed by atoms with Crippen LogP contribution in [0.4, 0.5) is 5.69 Å². The Morgan fingerprint density at radius 2 is 1.85 bits per heavy atom. The number of carbonyl (C=O) groups is 1. The second-order valence-corrected chi connectivity index (χ2v) is 6.54. The van der Waals surface area contributed by atoms with Crippen molar-refractivity contribution in [1.29, 1.82) is 0 Å². The first-order chi connectivity index (χ1) is 12.9. The van der Waals surface area contributed by atoms with Gasteiger partial charge in [0.25, 0.3) is 5.56 Å². The van der Waals surface area contributed by atoms with Crippen LogP contribution >= 0.6 is 0 Å². The van der Waals surface area contributed by atoms with Crippen molar-refractivity contribution in [2.75, 3.05) is 5.32 Å². The van der Waals surface area contributed by atoms with Gasteiger partial charge in [0.05, 0.1) is 23.2 Å². The van der Waals surface area contributed by atoms with E-state index in [1.807, 2.05) is 37.3 Å². The van der Waals surface area contributed by atoms with Crippen molar-refractivity contribution >= 4 is 22.6 Å². The smallest absolute Gasteiger partial charge is 0.324 e. The molecule has 0 unspecified atom stereocenters. The Labute approximate surface area is 156 Å². The Morgan fingerprint density at radius 1 is 1.15 bits per heavy atom. The van der Waals surface area contributed by atoms with Crippen molar-refractivity contribution in [2.24, 2.45) is 14.1 Å². The van der Waals surface area contributed by atoms with E-state index in [1.54, 1.807) is 13.1 Å².